The van der Waals surface area contributed by atoms with E-state index in [0.717, 1.165) is 11.1 Å². The van der Waals surface area contributed by atoms with Crippen molar-refractivity contribution < 1.29 is 8.78 Å². The van der Waals surface area contributed by atoms with E-state index in [4.69, 9.17) is 0 Å². The zero-order valence-corrected chi connectivity index (χ0v) is 8.82. The molecule has 0 nitrogen and oxygen atoms in total. The Balaban J connectivity index is 2.90. The van der Waals surface area contributed by atoms with Gasteiger partial charge in [0.05, 0.1) is 0 Å². The Morgan fingerprint density at radius 3 is 1.46 bits per heavy atom. The average molecular weight is 188 g/mol. The Labute approximate surface area is 79.0 Å². The summed E-state index contributed by atoms with van der Waals surface area (Å²) in [6, 6.07) is 0. The zero-order chi connectivity index (χ0) is 10.2. The lowest BCUT2D eigenvalue weighted by Gasteiger charge is -2.12. The minimum absolute atomic E-state index is 0.0157. The lowest BCUT2D eigenvalue weighted by Crippen LogP contribution is -2.11. The normalized spacial score (nSPS) is 22.2. The van der Waals surface area contributed by atoms with Crippen molar-refractivity contribution in [1.29, 1.82) is 0 Å². The van der Waals surface area contributed by atoms with Gasteiger partial charge in [-0.2, -0.15) is 0 Å². The maximum atomic E-state index is 13.1. The van der Waals surface area contributed by atoms with E-state index in [1.165, 1.54) is 0 Å². The highest BCUT2D eigenvalue weighted by Crippen LogP contribution is 2.44. The van der Waals surface area contributed by atoms with Gasteiger partial charge in [-0.05, 0) is 11.8 Å². The second-order valence-electron chi connectivity index (χ2n) is 4.57. The van der Waals surface area contributed by atoms with E-state index in [1.54, 1.807) is 0 Å². The molecule has 0 radical (unpaired) electrons. The molecular formula is C11H18F2. The molecule has 0 spiro atoms. The second-order valence-corrected chi connectivity index (χ2v) is 4.57. The fraction of sp³-hybridized carbons (Fsp3) is 0.818. The van der Waals surface area contributed by atoms with Crippen LogP contribution < -0.4 is 0 Å². The van der Waals surface area contributed by atoms with Crippen molar-refractivity contribution in [2.24, 2.45) is 11.8 Å². The Morgan fingerprint density at radius 1 is 0.923 bits per heavy atom. The number of rotatable bonds is 2. The van der Waals surface area contributed by atoms with Crippen LogP contribution in [-0.4, -0.2) is 5.92 Å². The van der Waals surface area contributed by atoms with Crippen LogP contribution in [0.1, 0.15) is 40.5 Å². The van der Waals surface area contributed by atoms with Crippen LogP contribution >= 0.6 is 0 Å². The summed E-state index contributed by atoms with van der Waals surface area (Å²) in [6.07, 6.45) is -0.0314. The number of alkyl halides is 2. The van der Waals surface area contributed by atoms with Crippen molar-refractivity contribution in [3.63, 3.8) is 0 Å². The van der Waals surface area contributed by atoms with Crippen LogP contribution in [0.4, 0.5) is 8.78 Å². The summed E-state index contributed by atoms with van der Waals surface area (Å²) >= 11 is 0. The van der Waals surface area contributed by atoms with Crippen molar-refractivity contribution in [3.8, 4) is 0 Å². The van der Waals surface area contributed by atoms with Crippen molar-refractivity contribution in [3.05, 3.63) is 11.1 Å². The minimum atomic E-state index is -2.47. The standard InChI is InChI=1S/C11H18F2/c1-7(2)9-5-11(12,13)6-10(9)8(3)4/h7-8H,5-6H2,1-4H3. The minimum Gasteiger partial charge on any atom is -0.206 e. The highest BCUT2D eigenvalue weighted by atomic mass is 19.3. The first-order chi connectivity index (χ1) is 5.83. The van der Waals surface area contributed by atoms with Gasteiger partial charge in [0.15, 0.2) is 0 Å². The molecule has 76 valence electrons. The van der Waals surface area contributed by atoms with Crippen LogP contribution in [0.15, 0.2) is 11.1 Å². The topological polar surface area (TPSA) is 0 Å². The molecule has 1 aliphatic carbocycles. The molecule has 0 aromatic heterocycles. The first-order valence-electron chi connectivity index (χ1n) is 4.93. The molecule has 0 saturated carbocycles. The molecule has 1 aliphatic rings. The van der Waals surface area contributed by atoms with Crippen molar-refractivity contribution >= 4 is 0 Å². The third-order valence-electron chi connectivity index (χ3n) is 2.70. The average Bonchev–Trinajstić information content (AvgIpc) is 2.26. The van der Waals surface area contributed by atoms with Gasteiger partial charge in [-0.3, -0.25) is 0 Å². The lowest BCUT2D eigenvalue weighted by molar-refractivity contribution is 0.0104. The van der Waals surface area contributed by atoms with E-state index in [2.05, 4.69) is 0 Å². The second kappa shape index (κ2) is 3.39. The first-order valence-corrected chi connectivity index (χ1v) is 4.93. The Hall–Kier alpha value is -0.400. The SMILES string of the molecule is CC(C)C1=C(C(C)C)CC(F)(F)C1. The van der Waals surface area contributed by atoms with Gasteiger partial charge in [0.25, 0.3) is 5.92 Å². The van der Waals surface area contributed by atoms with Crippen molar-refractivity contribution in [2.75, 3.05) is 0 Å². The highest BCUT2D eigenvalue weighted by molar-refractivity contribution is 5.26. The van der Waals surface area contributed by atoms with Gasteiger partial charge < -0.3 is 0 Å². The number of allylic oxidation sites excluding steroid dienone is 2. The molecule has 13 heavy (non-hydrogen) atoms. The van der Waals surface area contributed by atoms with Gasteiger partial charge in [0, 0.05) is 12.8 Å². The smallest absolute Gasteiger partial charge is 0.206 e. The molecule has 0 heterocycles. The number of hydrogen-bond acceptors (Lipinski definition) is 0. The van der Waals surface area contributed by atoms with E-state index in [0.29, 0.717) is 0 Å². The van der Waals surface area contributed by atoms with Gasteiger partial charge in [-0.25, -0.2) is 8.78 Å². The predicted molar refractivity (Wildman–Crippen MR) is 50.9 cm³/mol. The molecule has 0 aromatic carbocycles. The summed E-state index contributed by atoms with van der Waals surface area (Å²) in [5.74, 6) is -1.93. The molecule has 0 unspecified atom stereocenters. The molecule has 0 N–H and O–H groups in total. The summed E-state index contributed by atoms with van der Waals surface area (Å²) in [5, 5.41) is 0. The molecule has 2 heteroatoms. The Morgan fingerprint density at radius 2 is 1.23 bits per heavy atom. The molecular weight excluding hydrogens is 170 g/mol. The summed E-state index contributed by atoms with van der Waals surface area (Å²) in [7, 11) is 0. The van der Waals surface area contributed by atoms with E-state index >= 15 is 0 Å². The molecule has 1 rings (SSSR count). The predicted octanol–water partition coefficient (Wildman–Crippen LogP) is 4.02. The third-order valence-corrected chi connectivity index (χ3v) is 2.70. The van der Waals surface area contributed by atoms with E-state index < -0.39 is 5.92 Å². The monoisotopic (exact) mass is 188 g/mol. The van der Waals surface area contributed by atoms with Gasteiger partial charge in [-0.1, -0.05) is 38.8 Å². The van der Waals surface area contributed by atoms with Crippen LogP contribution in [-0.2, 0) is 0 Å². The van der Waals surface area contributed by atoms with Crippen LogP contribution in [0.5, 0.6) is 0 Å². The molecule has 0 aliphatic heterocycles. The van der Waals surface area contributed by atoms with E-state index in [-0.39, 0.29) is 24.7 Å². The zero-order valence-electron chi connectivity index (χ0n) is 8.82. The van der Waals surface area contributed by atoms with Gasteiger partial charge in [0.1, 0.15) is 0 Å². The van der Waals surface area contributed by atoms with Crippen LogP contribution in [0.2, 0.25) is 0 Å². The molecule has 0 bridgehead atoms. The van der Waals surface area contributed by atoms with E-state index in [9.17, 15) is 8.78 Å². The van der Waals surface area contributed by atoms with E-state index in [1.807, 2.05) is 27.7 Å². The van der Waals surface area contributed by atoms with Crippen molar-refractivity contribution in [2.45, 2.75) is 46.5 Å². The van der Waals surface area contributed by atoms with Gasteiger partial charge >= 0.3 is 0 Å². The molecule has 0 aromatic rings. The van der Waals surface area contributed by atoms with Gasteiger partial charge in [-0.15, -0.1) is 0 Å². The molecule has 0 fully saturated rings. The molecule has 0 atom stereocenters. The summed E-state index contributed by atoms with van der Waals surface area (Å²) in [6.45, 7) is 8.00. The lowest BCUT2D eigenvalue weighted by atomic mass is 9.93. The number of hydrogen-bond donors (Lipinski definition) is 0. The van der Waals surface area contributed by atoms with Gasteiger partial charge in [0.2, 0.25) is 0 Å². The maximum absolute atomic E-state index is 13.1. The fourth-order valence-corrected chi connectivity index (χ4v) is 2.00. The van der Waals surface area contributed by atoms with Crippen LogP contribution in [0.25, 0.3) is 0 Å². The maximum Gasteiger partial charge on any atom is 0.255 e. The quantitative estimate of drug-likeness (QED) is 0.574. The summed E-state index contributed by atoms with van der Waals surface area (Å²) in [5.41, 5.74) is 1.97. The summed E-state index contributed by atoms with van der Waals surface area (Å²) in [4.78, 5) is 0. The molecule has 0 saturated heterocycles. The third kappa shape index (κ3) is 2.29. The Kier molecular flexibility index (Phi) is 2.79. The Bertz CT molecular complexity index is 202. The fourth-order valence-electron chi connectivity index (χ4n) is 2.00. The van der Waals surface area contributed by atoms with Crippen LogP contribution in [0, 0.1) is 11.8 Å². The molecule has 0 amide bonds. The summed E-state index contributed by atoms with van der Waals surface area (Å²) < 4.78 is 26.2. The largest absolute Gasteiger partial charge is 0.255 e. The number of halogens is 2. The van der Waals surface area contributed by atoms with Crippen LogP contribution in [0.3, 0.4) is 0 Å². The first kappa shape index (κ1) is 10.7. The van der Waals surface area contributed by atoms with Crippen molar-refractivity contribution in [1.82, 2.24) is 0 Å². The highest BCUT2D eigenvalue weighted by Gasteiger charge is 2.40.